The average molecular weight is 164 g/mol. The zero-order valence-corrected chi connectivity index (χ0v) is 8.13. The van der Waals surface area contributed by atoms with Gasteiger partial charge in [0, 0.05) is 0 Å². The molecule has 68 valence electrons. The van der Waals surface area contributed by atoms with Gasteiger partial charge in [-0.05, 0) is 32.6 Å². The van der Waals surface area contributed by atoms with Crippen LogP contribution in [0, 0.1) is 0 Å². The molecular formula is C12H20. The van der Waals surface area contributed by atoms with Crippen LogP contribution in [0.1, 0.15) is 39.0 Å². The SMILES string of the molecule is C=CCCCCC/C=C/C=C\C. The zero-order valence-electron chi connectivity index (χ0n) is 8.13. The summed E-state index contributed by atoms with van der Waals surface area (Å²) in [5.74, 6) is 0. The molecule has 0 heteroatoms. The Morgan fingerprint density at radius 1 is 1.00 bits per heavy atom. The lowest BCUT2D eigenvalue weighted by molar-refractivity contribution is 0.696. The summed E-state index contributed by atoms with van der Waals surface area (Å²) in [5, 5.41) is 0. The molecule has 0 fully saturated rings. The van der Waals surface area contributed by atoms with E-state index in [1.807, 2.05) is 19.1 Å². The van der Waals surface area contributed by atoms with E-state index in [0.29, 0.717) is 0 Å². The summed E-state index contributed by atoms with van der Waals surface area (Å²) in [7, 11) is 0. The Labute approximate surface area is 76.7 Å². The molecule has 0 unspecified atom stereocenters. The van der Waals surface area contributed by atoms with Crippen molar-refractivity contribution in [2.24, 2.45) is 0 Å². The Kier molecular flexibility index (Phi) is 9.56. The summed E-state index contributed by atoms with van der Waals surface area (Å²) in [6, 6.07) is 0. The highest BCUT2D eigenvalue weighted by Crippen LogP contribution is 2.03. The van der Waals surface area contributed by atoms with Gasteiger partial charge in [0.2, 0.25) is 0 Å². The summed E-state index contributed by atoms with van der Waals surface area (Å²) in [5.41, 5.74) is 0. The molecule has 0 aliphatic carbocycles. The third-order valence-electron chi connectivity index (χ3n) is 1.72. The van der Waals surface area contributed by atoms with Gasteiger partial charge in [-0.1, -0.05) is 36.8 Å². The topological polar surface area (TPSA) is 0 Å². The van der Waals surface area contributed by atoms with Crippen LogP contribution in [0.25, 0.3) is 0 Å². The van der Waals surface area contributed by atoms with E-state index in [0.717, 1.165) is 0 Å². The van der Waals surface area contributed by atoms with E-state index in [1.165, 1.54) is 32.1 Å². The Morgan fingerprint density at radius 3 is 2.42 bits per heavy atom. The van der Waals surface area contributed by atoms with Crippen LogP contribution in [0.3, 0.4) is 0 Å². The van der Waals surface area contributed by atoms with Crippen LogP contribution in [0.2, 0.25) is 0 Å². The van der Waals surface area contributed by atoms with E-state index in [2.05, 4.69) is 24.8 Å². The predicted octanol–water partition coefficient (Wildman–Crippen LogP) is 4.26. The maximum Gasteiger partial charge on any atom is -0.0348 e. The molecule has 0 aromatic carbocycles. The number of hydrogen-bond acceptors (Lipinski definition) is 0. The maximum atomic E-state index is 3.70. The van der Waals surface area contributed by atoms with Crippen LogP contribution < -0.4 is 0 Å². The van der Waals surface area contributed by atoms with Gasteiger partial charge in [0.1, 0.15) is 0 Å². The molecule has 12 heavy (non-hydrogen) atoms. The number of hydrogen-bond donors (Lipinski definition) is 0. The molecule has 0 aromatic heterocycles. The van der Waals surface area contributed by atoms with E-state index in [1.54, 1.807) is 0 Å². The molecule has 0 aromatic rings. The van der Waals surface area contributed by atoms with E-state index >= 15 is 0 Å². The van der Waals surface area contributed by atoms with Crippen molar-refractivity contribution in [2.45, 2.75) is 39.0 Å². The van der Waals surface area contributed by atoms with Crippen LogP contribution >= 0.6 is 0 Å². The fourth-order valence-electron chi connectivity index (χ4n) is 1.01. The minimum atomic E-state index is 1.17. The first-order chi connectivity index (χ1) is 5.91. The Balaban J connectivity index is 3.04. The van der Waals surface area contributed by atoms with E-state index in [9.17, 15) is 0 Å². The number of unbranched alkanes of at least 4 members (excludes halogenated alkanes) is 4. The van der Waals surface area contributed by atoms with Gasteiger partial charge in [-0.15, -0.1) is 6.58 Å². The molecule has 0 N–H and O–H groups in total. The van der Waals surface area contributed by atoms with Crippen molar-refractivity contribution < 1.29 is 0 Å². The van der Waals surface area contributed by atoms with Crippen molar-refractivity contribution in [3.63, 3.8) is 0 Å². The predicted molar refractivity (Wildman–Crippen MR) is 57.2 cm³/mol. The summed E-state index contributed by atoms with van der Waals surface area (Å²) < 4.78 is 0. The van der Waals surface area contributed by atoms with Crippen LogP contribution in [0.5, 0.6) is 0 Å². The molecule has 0 atom stereocenters. The van der Waals surface area contributed by atoms with Crippen molar-refractivity contribution in [1.82, 2.24) is 0 Å². The van der Waals surface area contributed by atoms with Gasteiger partial charge in [-0.25, -0.2) is 0 Å². The highest BCUT2D eigenvalue weighted by Gasteiger charge is 1.83. The van der Waals surface area contributed by atoms with Gasteiger partial charge >= 0.3 is 0 Å². The first-order valence-corrected chi connectivity index (χ1v) is 4.80. The van der Waals surface area contributed by atoms with Crippen molar-refractivity contribution in [2.75, 3.05) is 0 Å². The molecule has 0 bridgehead atoms. The Morgan fingerprint density at radius 2 is 1.75 bits per heavy atom. The van der Waals surface area contributed by atoms with Gasteiger partial charge < -0.3 is 0 Å². The Hall–Kier alpha value is -0.780. The Bertz CT molecular complexity index is 140. The smallest absolute Gasteiger partial charge is 0.0348 e. The third-order valence-corrected chi connectivity index (χ3v) is 1.72. The molecule has 0 amide bonds. The molecule has 0 aliphatic heterocycles. The van der Waals surface area contributed by atoms with Crippen LogP contribution in [-0.2, 0) is 0 Å². The molecule has 0 heterocycles. The second kappa shape index (κ2) is 10.2. The lowest BCUT2D eigenvalue weighted by Gasteiger charge is -1.93. The van der Waals surface area contributed by atoms with Crippen LogP contribution in [0.4, 0.5) is 0 Å². The van der Waals surface area contributed by atoms with Crippen molar-refractivity contribution in [3.05, 3.63) is 37.0 Å². The normalized spacial score (nSPS) is 11.4. The standard InChI is InChI=1S/C12H20/c1-3-5-7-9-11-12-10-8-6-4-2/h3-4,6,8,10H,1,5,7,9,11-12H2,2H3/b6-4-,10-8+. The minimum absolute atomic E-state index is 1.17. The molecule has 0 nitrogen and oxygen atoms in total. The highest BCUT2D eigenvalue weighted by atomic mass is 13.9. The van der Waals surface area contributed by atoms with Gasteiger partial charge in [-0.3, -0.25) is 0 Å². The molecule has 0 spiro atoms. The summed E-state index contributed by atoms with van der Waals surface area (Å²) in [4.78, 5) is 0. The molecule has 0 saturated carbocycles. The van der Waals surface area contributed by atoms with E-state index in [-0.39, 0.29) is 0 Å². The molecule has 0 aliphatic rings. The fourth-order valence-corrected chi connectivity index (χ4v) is 1.01. The first-order valence-electron chi connectivity index (χ1n) is 4.80. The van der Waals surface area contributed by atoms with Gasteiger partial charge in [-0.2, -0.15) is 0 Å². The fraction of sp³-hybridized carbons (Fsp3) is 0.500. The summed E-state index contributed by atoms with van der Waals surface area (Å²) >= 11 is 0. The zero-order chi connectivity index (χ0) is 9.07. The van der Waals surface area contributed by atoms with Crippen LogP contribution in [0.15, 0.2) is 37.0 Å². The quantitative estimate of drug-likeness (QED) is 0.300. The average Bonchev–Trinajstić information content (AvgIpc) is 2.10. The largest absolute Gasteiger partial charge is 0.103 e. The van der Waals surface area contributed by atoms with Crippen molar-refractivity contribution >= 4 is 0 Å². The van der Waals surface area contributed by atoms with Gasteiger partial charge in [0.15, 0.2) is 0 Å². The summed E-state index contributed by atoms with van der Waals surface area (Å²) in [6.45, 7) is 5.73. The number of allylic oxidation sites excluding steroid dienone is 5. The van der Waals surface area contributed by atoms with Crippen molar-refractivity contribution in [1.29, 1.82) is 0 Å². The van der Waals surface area contributed by atoms with E-state index in [4.69, 9.17) is 0 Å². The molecule has 0 saturated heterocycles. The minimum Gasteiger partial charge on any atom is -0.103 e. The second-order valence-electron chi connectivity index (χ2n) is 2.88. The second-order valence-corrected chi connectivity index (χ2v) is 2.88. The van der Waals surface area contributed by atoms with Gasteiger partial charge in [0.25, 0.3) is 0 Å². The molecule has 0 radical (unpaired) electrons. The maximum absolute atomic E-state index is 3.70. The highest BCUT2D eigenvalue weighted by molar-refractivity contribution is 5.00. The monoisotopic (exact) mass is 164 g/mol. The molecular weight excluding hydrogens is 144 g/mol. The molecule has 0 rings (SSSR count). The third kappa shape index (κ3) is 9.22. The lowest BCUT2D eigenvalue weighted by atomic mass is 10.1. The first kappa shape index (κ1) is 11.2. The van der Waals surface area contributed by atoms with E-state index < -0.39 is 0 Å². The van der Waals surface area contributed by atoms with Crippen LogP contribution in [-0.4, -0.2) is 0 Å². The van der Waals surface area contributed by atoms with Gasteiger partial charge in [0.05, 0.1) is 0 Å². The summed E-state index contributed by atoms with van der Waals surface area (Å²) in [6.07, 6.45) is 16.8. The number of rotatable bonds is 7. The van der Waals surface area contributed by atoms with Crippen molar-refractivity contribution in [3.8, 4) is 0 Å². The lowest BCUT2D eigenvalue weighted by Crippen LogP contribution is -1.73.